The average molecular weight is 432 g/mol. The minimum absolute atomic E-state index is 0.0580. The summed E-state index contributed by atoms with van der Waals surface area (Å²) in [6, 6.07) is 6.15. The number of aliphatic carboxylic acids is 1. The number of ether oxygens (including phenoxy) is 1. The summed E-state index contributed by atoms with van der Waals surface area (Å²) in [4.78, 5) is 70.1. The van der Waals surface area contributed by atoms with Gasteiger partial charge in [-0.05, 0) is 30.7 Å². The van der Waals surface area contributed by atoms with Crippen LogP contribution in [0.5, 0.6) is 0 Å². The number of carboxylic acids is 1. The minimum atomic E-state index is -1.80. The van der Waals surface area contributed by atoms with E-state index in [9.17, 15) is 33.2 Å². The van der Waals surface area contributed by atoms with Gasteiger partial charge in [0.2, 0.25) is 11.6 Å². The van der Waals surface area contributed by atoms with Crippen LogP contribution in [0, 0.1) is 5.82 Å². The molecule has 0 aliphatic rings. The fourth-order valence-corrected chi connectivity index (χ4v) is 2.49. The van der Waals surface area contributed by atoms with E-state index in [0.717, 1.165) is 10.7 Å². The number of carboxylic acid groups (broad SMARTS) is 1. The molecule has 0 aliphatic carbocycles. The van der Waals surface area contributed by atoms with Crippen molar-refractivity contribution in [1.82, 2.24) is 9.78 Å². The van der Waals surface area contributed by atoms with Crippen LogP contribution < -0.4 is 0 Å². The second-order valence-electron chi connectivity index (χ2n) is 6.27. The van der Waals surface area contributed by atoms with Crippen molar-refractivity contribution in [3.63, 3.8) is 0 Å². The first kappa shape index (κ1) is 23.3. The number of nitrogens with zero attached hydrogens (tertiary/aromatic N) is 2. The molecule has 2 rings (SSSR count). The van der Waals surface area contributed by atoms with Crippen LogP contribution in [-0.2, 0) is 30.5 Å². The maximum atomic E-state index is 13.1. The van der Waals surface area contributed by atoms with E-state index in [1.807, 2.05) is 0 Å². The first-order chi connectivity index (χ1) is 14.6. The van der Waals surface area contributed by atoms with Crippen molar-refractivity contribution in [3.8, 4) is 0 Å². The number of halogens is 1. The van der Waals surface area contributed by atoms with Gasteiger partial charge in [0.05, 0.1) is 26.0 Å². The molecule has 0 saturated carbocycles. The summed E-state index contributed by atoms with van der Waals surface area (Å²) in [7, 11) is 0. The number of rotatable bonds is 11. The van der Waals surface area contributed by atoms with Gasteiger partial charge >= 0.3 is 11.9 Å². The number of ketones is 4. The fraction of sp³-hybridized carbons (Fsp3) is 0.250. The maximum Gasteiger partial charge on any atom is 0.375 e. The quantitative estimate of drug-likeness (QED) is 0.237. The highest BCUT2D eigenvalue weighted by Crippen LogP contribution is 2.14. The van der Waals surface area contributed by atoms with Crippen molar-refractivity contribution in [3.05, 3.63) is 53.1 Å². The van der Waals surface area contributed by atoms with E-state index in [1.165, 1.54) is 31.2 Å². The van der Waals surface area contributed by atoms with Gasteiger partial charge in [0.1, 0.15) is 17.2 Å². The Morgan fingerprint density at radius 2 is 1.61 bits per heavy atom. The Hall–Kier alpha value is -4.02. The summed E-state index contributed by atoms with van der Waals surface area (Å²) < 4.78 is 18.7. The van der Waals surface area contributed by atoms with Crippen LogP contribution in [0.25, 0.3) is 0 Å². The molecular weight excluding hydrogens is 415 g/mol. The Labute approximate surface area is 174 Å². The van der Waals surface area contributed by atoms with E-state index in [-0.39, 0.29) is 24.5 Å². The van der Waals surface area contributed by atoms with Gasteiger partial charge in [0.25, 0.3) is 0 Å². The van der Waals surface area contributed by atoms with E-state index in [2.05, 4.69) is 9.84 Å². The second-order valence-corrected chi connectivity index (χ2v) is 6.27. The largest absolute Gasteiger partial charge is 0.475 e. The van der Waals surface area contributed by atoms with Gasteiger partial charge in [-0.15, -0.1) is 0 Å². The van der Waals surface area contributed by atoms with Crippen LogP contribution in [0.4, 0.5) is 4.39 Å². The molecule has 0 aliphatic heterocycles. The van der Waals surface area contributed by atoms with Crippen LogP contribution >= 0.6 is 0 Å². The summed E-state index contributed by atoms with van der Waals surface area (Å²) >= 11 is 0. The Morgan fingerprint density at radius 3 is 2.19 bits per heavy atom. The SMILES string of the molecule is CCOC(=O)C(=O)CC(=O)c1cc(C(=O)CC(=O)C(=O)O)nn1Cc1ccc(F)cc1. The molecule has 0 amide bonds. The smallest absolute Gasteiger partial charge is 0.375 e. The highest BCUT2D eigenvalue weighted by molar-refractivity contribution is 6.38. The highest BCUT2D eigenvalue weighted by atomic mass is 19.1. The summed E-state index contributed by atoms with van der Waals surface area (Å²) in [6.07, 6.45) is -1.83. The molecule has 0 unspecified atom stereocenters. The lowest BCUT2D eigenvalue weighted by Gasteiger charge is -2.07. The molecule has 0 bridgehead atoms. The lowest BCUT2D eigenvalue weighted by Crippen LogP contribution is -2.22. The average Bonchev–Trinajstić information content (AvgIpc) is 3.13. The molecule has 11 heteroatoms. The maximum absolute atomic E-state index is 13.1. The van der Waals surface area contributed by atoms with Crippen LogP contribution in [-0.4, -0.2) is 56.6 Å². The number of carbonyl (C=O) groups is 6. The summed E-state index contributed by atoms with van der Waals surface area (Å²) in [5, 5.41) is 12.6. The first-order valence-electron chi connectivity index (χ1n) is 8.97. The Kier molecular flexibility index (Phi) is 7.61. The number of aromatic nitrogens is 2. The van der Waals surface area contributed by atoms with Crippen LogP contribution in [0.2, 0.25) is 0 Å². The molecule has 0 radical (unpaired) electrons. The zero-order chi connectivity index (χ0) is 23.1. The van der Waals surface area contributed by atoms with Crippen LogP contribution in [0.15, 0.2) is 30.3 Å². The highest BCUT2D eigenvalue weighted by Gasteiger charge is 2.26. The molecule has 1 N–H and O–H groups in total. The molecule has 2 aromatic rings. The zero-order valence-corrected chi connectivity index (χ0v) is 16.3. The normalized spacial score (nSPS) is 10.4. The molecule has 1 heterocycles. The van der Waals surface area contributed by atoms with E-state index < -0.39 is 53.7 Å². The third-order valence-corrected chi connectivity index (χ3v) is 3.98. The third-order valence-electron chi connectivity index (χ3n) is 3.98. The number of benzene rings is 1. The number of esters is 1. The van der Waals surface area contributed by atoms with Crippen LogP contribution in [0.3, 0.4) is 0 Å². The first-order valence-corrected chi connectivity index (χ1v) is 8.97. The predicted molar refractivity (Wildman–Crippen MR) is 99.9 cm³/mol. The lowest BCUT2D eigenvalue weighted by atomic mass is 10.1. The van der Waals surface area contributed by atoms with Crippen molar-refractivity contribution in [2.75, 3.05) is 6.61 Å². The Morgan fingerprint density at radius 1 is 1.00 bits per heavy atom. The zero-order valence-electron chi connectivity index (χ0n) is 16.3. The van der Waals surface area contributed by atoms with Gasteiger partial charge in [-0.1, -0.05) is 12.1 Å². The lowest BCUT2D eigenvalue weighted by molar-refractivity contribution is -0.153. The molecule has 0 fully saturated rings. The van der Waals surface area contributed by atoms with Crippen molar-refractivity contribution in [2.45, 2.75) is 26.3 Å². The topological polar surface area (TPSA) is 150 Å². The Balaban J connectivity index is 2.34. The summed E-state index contributed by atoms with van der Waals surface area (Å²) in [6.45, 7) is 1.33. The number of hydrogen-bond donors (Lipinski definition) is 1. The second kappa shape index (κ2) is 10.1. The van der Waals surface area contributed by atoms with Crippen molar-refractivity contribution in [1.29, 1.82) is 0 Å². The van der Waals surface area contributed by atoms with Crippen molar-refractivity contribution >= 4 is 35.1 Å². The third kappa shape index (κ3) is 6.23. The van der Waals surface area contributed by atoms with E-state index in [0.29, 0.717) is 5.56 Å². The van der Waals surface area contributed by atoms with Gasteiger partial charge in [-0.3, -0.25) is 23.9 Å². The van der Waals surface area contributed by atoms with Crippen LogP contribution in [0.1, 0.15) is 46.3 Å². The molecule has 31 heavy (non-hydrogen) atoms. The molecular formula is C20H17FN2O8. The summed E-state index contributed by atoms with van der Waals surface area (Å²) in [5.41, 5.74) is -0.104. The monoisotopic (exact) mass is 432 g/mol. The van der Waals surface area contributed by atoms with E-state index >= 15 is 0 Å². The standard InChI is InChI=1S/C20H17FN2O8/c1-2-31-20(30)18(27)9-16(25)14-7-13(15(24)8-17(26)19(28)29)22-23(14)10-11-3-5-12(21)6-4-11/h3-7H,2,8-10H2,1H3,(H,28,29). The van der Waals surface area contributed by atoms with Gasteiger partial charge in [-0.2, -0.15) is 5.10 Å². The number of hydrogen-bond acceptors (Lipinski definition) is 8. The van der Waals surface area contributed by atoms with Gasteiger partial charge in [-0.25, -0.2) is 14.0 Å². The minimum Gasteiger partial charge on any atom is -0.475 e. The molecule has 0 atom stereocenters. The molecule has 162 valence electrons. The molecule has 1 aromatic carbocycles. The molecule has 0 spiro atoms. The van der Waals surface area contributed by atoms with Gasteiger partial charge in [0, 0.05) is 0 Å². The van der Waals surface area contributed by atoms with Crippen molar-refractivity contribution < 1.29 is 43.0 Å². The van der Waals surface area contributed by atoms with Gasteiger partial charge in [0.15, 0.2) is 11.6 Å². The van der Waals surface area contributed by atoms with E-state index in [4.69, 9.17) is 5.11 Å². The van der Waals surface area contributed by atoms with Crippen molar-refractivity contribution in [2.24, 2.45) is 0 Å². The fourth-order valence-electron chi connectivity index (χ4n) is 2.49. The summed E-state index contributed by atoms with van der Waals surface area (Å²) in [5.74, 6) is -7.74. The number of Topliss-reactive ketones (excluding diaryl/α,β-unsaturated/α-hetero) is 4. The molecule has 1 aromatic heterocycles. The molecule has 0 saturated heterocycles. The Bertz CT molecular complexity index is 1060. The predicted octanol–water partition coefficient (Wildman–Crippen LogP) is 1.00. The molecule has 10 nitrogen and oxygen atoms in total. The number of carbonyl (C=O) groups excluding carboxylic acids is 5. The van der Waals surface area contributed by atoms with E-state index in [1.54, 1.807) is 0 Å². The van der Waals surface area contributed by atoms with Gasteiger partial charge < -0.3 is 9.84 Å².